The summed E-state index contributed by atoms with van der Waals surface area (Å²) in [6, 6.07) is 0. The molecule has 0 aliphatic carbocycles. The number of hydrogen-bond donors (Lipinski definition) is 0. The van der Waals surface area contributed by atoms with Gasteiger partial charge in [-0.25, -0.2) is 9.97 Å². The fraction of sp³-hybridized carbons (Fsp3) is 0.300. The number of carbonyl (C=O) groups excluding carboxylic acids is 1. The highest BCUT2D eigenvalue weighted by molar-refractivity contribution is 7.07. The van der Waals surface area contributed by atoms with Crippen LogP contribution in [0.3, 0.4) is 0 Å². The summed E-state index contributed by atoms with van der Waals surface area (Å²) in [5.74, 6) is 0.827. The molecular formula is C10H11N3OS. The average Bonchev–Trinajstić information content (AvgIpc) is 2.87. The van der Waals surface area contributed by atoms with Gasteiger partial charge in [0.05, 0.1) is 11.9 Å². The lowest BCUT2D eigenvalue weighted by atomic mass is 10.2. The number of aromatic nitrogens is 3. The van der Waals surface area contributed by atoms with Crippen LogP contribution < -0.4 is 0 Å². The van der Waals surface area contributed by atoms with Crippen molar-refractivity contribution in [3.8, 4) is 0 Å². The highest BCUT2D eigenvalue weighted by Crippen LogP contribution is 2.07. The molecule has 78 valence electrons. The molecule has 0 atom stereocenters. The number of nitrogens with zero attached hydrogens (tertiary/aromatic N) is 3. The van der Waals surface area contributed by atoms with Gasteiger partial charge < -0.3 is 4.57 Å². The summed E-state index contributed by atoms with van der Waals surface area (Å²) in [6.45, 7) is 2.86. The SMILES string of the molecule is CCn1ccnc1CC(=O)c1cscn1. The lowest BCUT2D eigenvalue weighted by molar-refractivity contribution is 0.0985. The third kappa shape index (κ3) is 2.12. The van der Waals surface area contributed by atoms with Crippen molar-refractivity contribution in [1.82, 2.24) is 14.5 Å². The molecule has 0 fully saturated rings. The van der Waals surface area contributed by atoms with Crippen LogP contribution in [0.4, 0.5) is 0 Å². The molecule has 0 saturated carbocycles. The van der Waals surface area contributed by atoms with Crippen molar-refractivity contribution in [2.45, 2.75) is 19.9 Å². The van der Waals surface area contributed by atoms with Crippen LogP contribution in [-0.4, -0.2) is 20.3 Å². The van der Waals surface area contributed by atoms with E-state index in [-0.39, 0.29) is 5.78 Å². The first-order valence-electron chi connectivity index (χ1n) is 4.72. The molecule has 0 bridgehead atoms. The van der Waals surface area contributed by atoms with Crippen molar-refractivity contribution in [3.05, 3.63) is 34.8 Å². The Kier molecular flexibility index (Phi) is 2.91. The van der Waals surface area contributed by atoms with Crippen LogP contribution in [0.2, 0.25) is 0 Å². The van der Waals surface area contributed by atoms with E-state index in [4.69, 9.17) is 0 Å². The number of hydrogen-bond acceptors (Lipinski definition) is 4. The van der Waals surface area contributed by atoms with Crippen LogP contribution in [0.1, 0.15) is 23.2 Å². The first-order valence-corrected chi connectivity index (χ1v) is 5.67. The van der Waals surface area contributed by atoms with E-state index in [0.29, 0.717) is 12.1 Å². The lowest BCUT2D eigenvalue weighted by Gasteiger charge is -2.02. The van der Waals surface area contributed by atoms with Crippen LogP contribution in [-0.2, 0) is 13.0 Å². The summed E-state index contributed by atoms with van der Waals surface area (Å²) in [7, 11) is 0. The topological polar surface area (TPSA) is 47.8 Å². The normalized spacial score (nSPS) is 10.5. The number of thiazole rings is 1. The summed E-state index contributed by atoms with van der Waals surface area (Å²) >= 11 is 1.43. The second-order valence-corrected chi connectivity index (χ2v) is 3.82. The minimum Gasteiger partial charge on any atom is -0.335 e. The van der Waals surface area contributed by atoms with E-state index >= 15 is 0 Å². The number of carbonyl (C=O) groups is 1. The van der Waals surface area contributed by atoms with E-state index in [2.05, 4.69) is 9.97 Å². The van der Waals surface area contributed by atoms with E-state index in [9.17, 15) is 4.79 Å². The Balaban J connectivity index is 2.13. The van der Waals surface area contributed by atoms with Crippen molar-refractivity contribution in [2.75, 3.05) is 0 Å². The van der Waals surface area contributed by atoms with E-state index in [1.165, 1.54) is 11.3 Å². The van der Waals surface area contributed by atoms with Gasteiger partial charge in [0.25, 0.3) is 0 Å². The second-order valence-electron chi connectivity index (χ2n) is 3.10. The molecule has 2 aromatic heterocycles. The molecule has 15 heavy (non-hydrogen) atoms. The number of Topliss-reactive ketones (excluding diaryl/α,β-unsaturated/α-hetero) is 1. The lowest BCUT2D eigenvalue weighted by Crippen LogP contribution is -2.09. The maximum Gasteiger partial charge on any atom is 0.189 e. The predicted octanol–water partition coefficient (Wildman–Crippen LogP) is 1.78. The fourth-order valence-corrected chi connectivity index (χ4v) is 1.94. The van der Waals surface area contributed by atoms with Crippen LogP contribution >= 0.6 is 11.3 Å². The van der Waals surface area contributed by atoms with Gasteiger partial charge in [-0.15, -0.1) is 11.3 Å². The Morgan fingerprint density at radius 2 is 2.40 bits per heavy atom. The monoisotopic (exact) mass is 221 g/mol. The number of ketones is 1. The Morgan fingerprint density at radius 1 is 1.53 bits per heavy atom. The van der Waals surface area contributed by atoms with Crippen molar-refractivity contribution in [3.63, 3.8) is 0 Å². The molecule has 0 aliphatic heterocycles. The zero-order chi connectivity index (χ0) is 10.7. The first kappa shape index (κ1) is 10.0. The molecule has 0 aliphatic rings. The summed E-state index contributed by atoms with van der Waals surface area (Å²) in [5, 5.41) is 1.77. The summed E-state index contributed by atoms with van der Waals surface area (Å²) in [4.78, 5) is 19.9. The van der Waals surface area contributed by atoms with Crippen LogP contribution in [0.15, 0.2) is 23.3 Å². The van der Waals surface area contributed by atoms with Gasteiger partial charge in [0.1, 0.15) is 11.5 Å². The summed E-state index contributed by atoms with van der Waals surface area (Å²) in [5.41, 5.74) is 2.20. The molecule has 0 aromatic carbocycles. The summed E-state index contributed by atoms with van der Waals surface area (Å²) < 4.78 is 1.96. The summed E-state index contributed by atoms with van der Waals surface area (Å²) in [6.07, 6.45) is 3.92. The third-order valence-corrected chi connectivity index (χ3v) is 2.77. The Bertz CT molecular complexity index is 447. The van der Waals surface area contributed by atoms with E-state index in [0.717, 1.165) is 12.4 Å². The second kappa shape index (κ2) is 4.35. The van der Waals surface area contributed by atoms with Gasteiger partial charge in [0, 0.05) is 24.3 Å². The van der Waals surface area contributed by atoms with Crippen LogP contribution in [0.5, 0.6) is 0 Å². The van der Waals surface area contributed by atoms with Crippen LogP contribution in [0.25, 0.3) is 0 Å². The molecule has 2 aromatic rings. The molecule has 2 rings (SSSR count). The van der Waals surface area contributed by atoms with Gasteiger partial charge in [-0.1, -0.05) is 0 Å². The predicted molar refractivity (Wildman–Crippen MR) is 58.0 cm³/mol. The van der Waals surface area contributed by atoms with Crippen molar-refractivity contribution >= 4 is 17.1 Å². The Hall–Kier alpha value is -1.49. The third-order valence-electron chi connectivity index (χ3n) is 2.18. The van der Waals surface area contributed by atoms with Gasteiger partial charge in [-0.3, -0.25) is 4.79 Å². The van der Waals surface area contributed by atoms with Gasteiger partial charge in [0.15, 0.2) is 5.78 Å². The van der Waals surface area contributed by atoms with Gasteiger partial charge >= 0.3 is 0 Å². The quantitative estimate of drug-likeness (QED) is 0.739. The highest BCUT2D eigenvalue weighted by atomic mass is 32.1. The van der Waals surface area contributed by atoms with Crippen molar-refractivity contribution in [1.29, 1.82) is 0 Å². The standard InChI is InChI=1S/C10H11N3OS/c1-2-13-4-3-11-10(13)5-9(14)8-6-15-7-12-8/h3-4,6-7H,2,5H2,1H3. The molecule has 4 nitrogen and oxygen atoms in total. The van der Waals surface area contributed by atoms with E-state index in [1.807, 2.05) is 17.7 Å². The molecule has 0 unspecified atom stereocenters. The molecule has 0 radical (unpaired) electrons. The molecule has 5 heteroatoms. The average molecular weight is 221 g/mol. The van der Waals surface area contributed by atoms with E-state index < -0.39 is 0 Å². The molecule has 0 N–H and O–H groups in total. The Labute approximate surface area is 91.6 Å². The maximum atomic E-state index is 11.7. The first-order chi connectivity index (χ1) is 7.31. The number of rotatable bonds is 4. The minimum atomic E-state index is 0.0251. The molecule has 0 spiro atoms. The largest absolute Gasteiger partial charge is 0.335 e. The van der Waals surface area contributed by atoms with Gasteiger partial charge in [-0.05, 0) is 6.92 Å². The number of aryl methyl sites for hydroxylation is 1. The zero-order valence-corrected chi connectivity index (χ0v) is 9.20. The molecule has 0 amide bonds. The van der Waals surface area contributed by atoms with Crippen molar-refractivity contribution < 1.29 is 4.79 Å². The molecular weight excluding hydrogens is 210 g/mol. The fourth-order valence-electron chi connectivity index (χ4n) is 1.38. The van der Waals surface area contributed by atoms with Gasteiger partial charge in [0.2, 0.25) is 0 Å². The Morgan fingerprint density at radius 3 is 3.07 bits per heavy atom. The van der Waals surface area contributed by atoms with Crippen LogP contribution in [0, 0.1) is 0 Å². The molecule has 0 saturated heterocycles. The smallest absolute Gasteiger partial charge is 0.189 e. The van der Waals surface area contributed by atoms with Gasteiger partial charge in [-0.2, -0.15) is 0 Å². The maximum absolute atomic E-state index is 11.7. The van der Waals surface area contributed by atoms with Crippen molar-refractivity contribution in [2.24, 2.45) is 0 Å². The zero-order valence-electron chi connectivity index (χ0n) is 8.38. The number of imidazole rings is 1. The highest BCUT2D eigenvalue weighted by Gasteiger charge is 2.11. The molecule has 2 heterocycles. The minimum absolute atomic E-state index is 0.0251. The van der Waals surface area contributed by atoms with E-state index in [1.54, 1.807) is 17.1 Å².